The molecular weight excluding hydrogens is 398 g/mol. The molecule has 1 amide bonds. The van der Waals surface area contributed by atoms with Crippen LogP contribution in [0.4, 0.5) is 0 Å². The average Bonchev–Trinajstić information content (AvgIpc) is 3.40. The van der Waals surface area contributed by atoms with Crippen LogP contribution in [-0.4, -0.2) is 47.0 Å². The van der Waals surface area contributed by atoms with Crippen molar-refractivity contribution < 1.29 is 9.53 Å². The van der Waals surface area contributed by atoms with Gasteiger partial charge in [-0.05, 0) is 48.7 Å². The maximum atomic E-state index is 12.3. The van der Waals surface area contributed by atoms with Crippen LogP contribution in [0.5, 0.6) is 0 Å². The van der Waals surface area contributed by atoms with Gasteiger partial charge in [-0.1, -0.05) is 13.0 Å². The van der Waals surface area contributed by atoms with E-state index in [1.807, 2.05) is 42.9 Å². The van der Waals surface area contributed by atoms with Gasteiger partial charge in [-0.3, -0.25) is 9.79 Å². The summed E-state index contributed by atoms with van der Waals surface area (Å²) in [6, 6.07) is 1.87. The first-order valence-corrected chi connectivity index (χ1v) is 10.6. The second-order valence-electron chi connectivity index (χ2n) is 6.61. The topological polar surface area (TPSA) is 80.9 Å². The fourth-order valence-electron chi connectivity index (χ4n) is 2.79. The van der Waals surface area contributed by atoms with Crippen molar-refractivity contribution in [2.75, 3.05) is 19.8 Å². The van der Waals surface area contributed by atoms with Crippen LogP contribution in [0.15, 0.2) is 53.4 Å². The summed E-state index contributed by atoms with van der Waals surface area (Å²) < 4.78 is 7.14. The molecule has 156 valence electrons. The summed E-state index contributed by atoms with van der Waals surface area (Å²) in [5.41, 5.74) is 4.56. The predicted octanol–water partition coefficient (Wildman–Crippen LogP) is 4.23. The molecule has 0 fully saturated rings. The van der Waals surface area contributed by atoms with Gasteiger partial charge in [0.25, 0.3) is 5.91 Å². The molecule has 0 aromatic carbocycles. The predicted molar refractivity (Wildman–Crippen MR) is 122 cm³/mol. The van der Waals surface area contributed by atoms with Crippen molar-refractivity contribution in [2.24, 2.45) is 4.99 Å². The zero-order chi connectivity index (χ0) is 21.3. The van der Waals surface area contributed by atoms with Crippen molar-refractivity contribution in [1.82, 2.24) is 19.9 Å². The van der Waals surface area contributed by atoms with Crippen molar-refractivity contribution >= 4 is 35.2 Å². The molecule has 7 nitrogen and oxygen atoms in total. The van der Waals surface area contributed by atoms with Crippen molar-refractivity contribution in [1.29, 1.82) is 0 Å². The Morgan fingerprint density at radius 2 is 2.27 bits per heavy atom. The van der Waals surface area contributed by atoms with E-state index < -0.39 is 0 Å². The monoisotopic (exact) mass is 423 g/mol. The average molecular weight is 424 g/mol. The Hall–Kier alpha value is -3.10. The van der Waals surface area contributed by atoms with Crippen molar-refractivity contribution in [3.05, 3.63) is 58.8 Å². The van der Waals surface area contributed by atoms with Gasteiger partial charge in [0.05, 0.1) is 17.7 Å². The highest BCUT2D eigenvalue weighted by atomic mass is 32.1. The van der Waals surface area contributed by atoms with Crippen LogP contribution in [0.2, 0.25) is 0 Å². The van der Waals surface area contributed by atoms with Crippen molar-refractivity contribution in [2.45, 2.75) is 20.3 Å². The van der Waals surface area contributed by atoms with Gasteiger partial charge < -0.3 is 10.1 Å². The largest absolute Gasteiger partial charge is 0.380 e. The molecule has 0 aliphatic heterocycles. The van der Waals surface area contributed by atoms with Crippen molar-refractivity contribution in [3.63, 3.8) is 0 Å². The minimum atomic E-state index is -0.0964. The maximum Gasteiger partial charge on any atom is 0.261 e. The molecule has 3 rings (SSSR count). The number of amides is 1. The number of carbonyl (C=O) groups excluding carboxylic acids is 1. The van der Waals surface area contributed by atoms with Crippen LogP contribution in [0.25, 0.3) is 22.3 Å². The standard InChI is InChI=1S/C22H25N5O2S/c1-4-9-29-10-8-24-22(28)20-11-17(15-30-20)19-13-26-27-14-18(12-25-21(19)27)16(2)6-5-7-23-3/h5-7,11-15H,3-4,8-10H2,1-2H3,(H,24,28)/b7-5-,16-6+. The minimum absolute atomic E-state index is 0.0964. The quantitative estimate of drug-likeness (QED) is 0.301. The molecule has 1 N–H and O–H groups in total. The Morgan fingerprint density at radius 3 is 3.07 bits per heavy atom. The molecule has 0 unspecified atom stereocenters. The number of allylic oxidation sites excluding steroid dienone is 3. The number of fused-ring (bicyclic) bond motifs is 1. The zero-order valence-electron chi connectivity index (χ0n) is 17.2. The Morgan fingerprint density at radius 1 is 1.40 bits per heavy atom. The lowest BCUT2D eigenvalue weighted by atomic mass is 10.1. The Kier molecular flexibility index (Phi) is 7.64. The Labute approximate surface area is 179 Å². The van der Waals surface area contributed by atoms with E-state index in [2.05, 4.69) is 34.0 Å². The van der Waals surface area contributed by atoms with E-state index in [9.17, 15) is 4.79 Å². The van der Waals surface area contributed by atoms with Gasteiger partial charge in [-0.2, -0.15) is 5.10 Å². The summed E-state index contributed by atoms with van der Waals surface area (Å²) in [4.78, 5) is 21.3. The molecule has 3 aromatic rings. The van der Waals surface area contributed by atoms with Crippen LogP contribution in [0.1, 0.15) is 35.5 Å². The van der Waals surface area contributed by atoms with E-state index in [4.69, 9.17) is 4.74 Å². The number of nitrogens with one attached hydrogen (secondary N) is 1. The van der Waals surface area contributed by atoms with Crippen LogP contribution >= 0.6 is 11.3 Å². The van der Waals surface area contributed by atoms with Crippen LogP contribution in [-0.2, 0) is 4.74 Å². The minimum Gasteiger partial charge on any atom is -0.380 e. The lowest BCUT2D eigenvalue weighted by Gasteiger charge is -2.04. The number of thiophene rings is 1. The van der Waals surface area contributed by atoms with E-state index in [1.54, 1.807) is 16.9 Å². The number of nitrogens with zero attached hydrogens (tertiary/aromatic N) is 4. The van der Waals surface area contributed by atoms with Gasteiger partial charge in [-0.25, -0.2) is 9.50 Å². The number of rotatable bonds is 10. The first kappa shape index (κ1) is 21.6. The number of ether oxygens (including phenoxy) is 1. The highest BCUT2D eigenvalue weighted by Crippen LogP contribution is 2.28. The van der Waals surface area contributed by atoms with Crippen LogP contribution < -0.4 is 5.32 Å². The summed E-state index contributed by atoms with van der Waals surface area (Å²) in [6.45, 7) is 9.20. The van der Waals surface area contributed by atoms with E-state index in [1.165, 1.54) is 11.3 Å². The fraction of sp³-hybridized carbons (Fsp3) is 0.273. The number of aliphatic imine (C=N–C) groups is 1. The number of hydrogen-bond acceptors (Lipinski definition) is 6. The SMILES string of the molecule is C=N/C=C\C=C(/C)c1cnc2c(-c3csc(C(=O)NCCOCCC)c3)cnn2c1. The van der Waals surface area contributed by atoms with Gasteiger partial charge in [-0.15, -0.1) is 11.3 Å². The summed E-state index contributed by atoms with van der Waals surface area (Å²) in [5.74, 6) is -0.0964. The molecule has 0 radical (unpaired) electrons. The first-order chi connectivity index (χ1) is 14.6. The van der Waals surface area contributed by atoms with Crippen LogP contribution in [0.3, 0.4) is 0 Å². The molecule has 8 heteroatoms. The van der Waals surface area contributed by atoms with Gasteiger partial charge in [0.1, 0.15) is 0 Å². The molecule has 0 aliphatic rings. The fourth-order valence-corrected chi connectivity index (χ4v) is 3.62. The third kappa shape index (κ3) is 5.28. The second kappa shape index (κ2) is 10.6. The molecule has 0 saturated heterocycles. The summed E-state index contributed by atoms with van der Waals surface area (Å²) in [6.07, 6.45) is 11.9. The lowest BCUT2D eigenvalue weighted by molar-refractivity contribution is 0.0919. The molecule has 0 atom stereocenters. The second-order valence-corrected chi connectivity index (χ2v) is 7.52. The van der Waals surface area contributed by atoms with E-state index in [0.717, 1.165) is 34.3 Å². The summed E-state index contributed by atoms with van der Waals surface area (Å²) in [7, 11) is 0. The van der Waals surface area contributed by atoms with E-state index in [0.29, 0.717) is 24.6 Å². The highest BCUT2D eigenvalue weighted by Gasteiger charge is 2.14. The van der Waals surface area contributed by atoms with Gasteiger partial charge in [0, 0.05) is 42.9 Å². The van der Waals surface area contributed by atoms with Gasteiger partial charge >= 0.3 is 0 Å². The number of hydrogen-bond donors (Lipinski definition) is 1. The third-order valence-corrected chi connectivity index (χ3v) is 5.29. The van der Waals surface area contributed by atoms with Gasteiger partial charge in [0.15, 0.2) is 5.65 Å². The lowest BCUT2D eigenvalue weighted by Crippen LogP contribution is -2.26. The molecule has 0 saturated carbocycles. The number of carbonyl (C=O) groups is 1. The Balaban J connectivity index is 1.73. The molecule has 0 aliphatic carbocycles. The molecule has 3 aromatic heterocycles. The Bertz CT molecular complexity index is 1080. The zero-order valence-corrected chi connectivity index (χ0v) is 18.0. The van der Waals surface area contributed by atoms with Crippen LogP contribution in [0, 0.1) is 0 Å². The molecular formula is C22H25N5O2S. The molecule has 0 spiro atoms. The maximum absolute atomic E-state index is 12.3. The highest BCUT2D eigenvalue weighted by molar-refractivity contribution is 7.12. The normalized spacial score (nSPS) is 12.0. The summed E-state index contributed by atoms with van der Waals surface area (Å²) in [5, 5.41) is 9.27. The van der Waals surface area contributed by atoms with Crippen molar-refractivity contribution in [3.8, 4) is 11.1 Å². The smallest absolute Gasteiger partial charge is 0.261 e. The number of aromatic nitrogens is 3. The van der Waals surface area contributed by atoms with Gasteiger partial charge in [0.2, 0.25) is 0 Å². The third-order valence-electron chi connectivity index (χ3n) is 4.36. The van der Waals surface area contributed by atoms with E-state index in [-0.39, 0.29) is 5.91 Å². The molecule has 30 heavy (non-hydrogen) atoms. The molecule has 3 heterocycles. The van der Waals surface area contributed by atoms with E-state index >= 15 is 0 Å². The summed E-state index contributed by atoms with van der Waals surface area (Å²) >= 11 is 1.40. The first-order valence-electron chi connectivity index (χ1n) is 9.72. The molecule has 0 bridgehead atoms.